The topological polar surface area (TPSA) is 24.9 Å². The summed E-state index contributed by atoms with van der Waals surface area (Å²) in [5, 5.41) is 6.42. The molecule has 0 amide bonds. The molecule has 0 saturated heterocycles. The van der Waals surface area contributed by atoms with Gasteiger partial charge in [0.05, 0.1) is 10.7 Å². The maximum absolute atomic E-state index is 13.6. The van der Waals surface area contributed by atoms with Crippen molar-refractivity contribution < 1.29 is 4.39 Å². The molecule has 2 nitrogen and oxygen atoms in total. The Morgan fingerprint density at radius 2 is 2.05 bits per heavy atom. The van der Waals surface area contributed by atoms with E-state index in [4.69, 9.17) is 0 Å². The summed E-state index contributed by atoms with van der Waals surface area (Å²) in [6, 6.07) is 4.97. The Morgan fingerprint density at radius 1 is 1.30 bits per heavy atom. The highest BCUT2D eigenvalue weighted by Crippen LogP contribution is 2.25. The second-order valence-corrected chi connectivity index (χ2v) is 7.51. The molecule has 20 heavy (non-hydrogen) atoms. The number of halogens is 2. The fourth-order valence-corrected chi connectivity index (χ4v) is 3.05. The second-order valence-electron chi connectivity index (χ2n) is 5.73. The molecule has 2 aromatic rings. The molecule has 0 bridgehead atoms. The maximum atomic E-state index is 13.6. The van der Waals surface area contributed by atoms with Crippen LogP contribution in [0.2, 0.25) is 0 Å². The number of thiazole rings is 1. The van der Waals surface area contributed by atoms with Crippen LogP contribution in [-0.2, 0) is 18.5 Å². The van der Waals surface area contributed by atoms with E-state index >= 15 is 0 Å². The minimum Gasteiger partial charge on any atom is -0.307 e. The highest BCUT2D eigenvalue weighted by Gasteiger charge is 2.17. The van der Waals surface area contributed by atoms with Crippen LogP contribution in [0.4, 0.5) is 4.39 Å². The first kappa shape index (κ1) is 15.6. The molecule has 0 aliphatic rings. The Balaban J connectivity index is 1.93. The van der Waals surface area contributed by atoms with Gasteiger partial charge in [0, 0.05) is 33.9 Å². The lowest BCUT2D eigenvalue weighted by atomic mass is 9.98. The lowest BCUT2D eigenvalue weighted by molar-refractivity contribution is 0.573. The van der Waals surface area contributed by atoms with Gasteiger partial charge in [0.2, 0.25) is 0 Å². The monoisotopic (exact) mass is 356 g/mol. The van der Waals surface area contributed by atoms with Crippen LogP contribution in [0.15, 0.2) is 28.1 Å². The first-order valence-corrected chi connectivity index (χ1v) is 8.13. The van der Waals surface area contributed by atoms with E-state index in [-0.39, 0.29) is 11.2 Å². The fraction of sp³-hybridized carbons (Fsp3) is 0.400. The van der Waals surface area contributed by atoms with Crippen molar-refractivity contribution >= 4 is 27.3 Å². The third-order valence-electron chi connectivity index (χ3n) is 2.82. The molecule has 0 aliphatic heterocycles. The number of nitrogens with one attached hydrogen (secondary N) is 1. The fourth-order valence-electron chi connectivity index (χ4n) is 1.74. The zero-order valence-corrected chi connectivity index (χ0v) is 14.2. The van der Waals surface area contributed by atoms with Crippen LogP contribution < -0.4 is 5.32 Å². The summed E-state index contributed by atoms with van der Waals surface area (Å²) in [4.78, 5) is 4.61. The number of nitrogens with zero attached hydrogens (tertiary/aromatic N) is 1. The normalized spacial score (nSPS) is 11.8. The zero-order chi connectivity index (χ0) is 14.8. The Kier molecular flexibility index (Phi) is 4.94. The molecule has 1 heterocycles. The largest absolute Gasteiger partial charge is 0.307 e. The van der Waals surface area contributed by atoms with Crippen LogP contribution in [0, 0.1) is 5.82 Å². The van der Waals surface area contributed by atoms with Gasteiger partial charge in [-0.15, -0.1) is 11.3 Å². The van der Waals surface area contributed by atoms with Crippen LogP contribution in [0.5, 0.6) is 0 Å². The van der Waals surface area contributed by atoms with E-state index in [1.807, 2.05) is 0 Å². The van der Waals surface area contributed by atoms with E-state index in [1.165, 1.54) is 6.07 Å². The van der Waals surface area contributed by atoms with Crippen molar-refractivity contribution in [3.63, 3.8) is 0 Å². The first-order valence-electron chi connectivity index (χ1n) is 6.46. The van der Waals surface area contributed by atoms with Gasteiger partial charge in [-0.25, -0.2) is 9.37 Å². The molecule has 2 rings (SSSR count). The van der Waals surface area contributed by atoms with Crippen LogP contribution >= 0.6 is 27.3 Å². The number of aromatic nitrogens is 1. The zero-order valence-electron chi connectivity index (χ0n) is 11.8. The van der Waals surface area contributed by atoms with Crippen molar-refractivity contribution in [3.05, 3.63) is 50.1 Å². The van der Waals surface area contributed by atoms with E-state index in [0.717, 1.165) is 15.2 Å². The molecule has 1 aromatic carbocycles. The van der Waals surface area contributed by atoms with Gasteiger partial charge < -0.3 is 5.32 Å². The highest BCUT2D eigenvalue weighted by molar-refractivity contribution is 9.10. The molecule has 0 atom stereocenters. The van der Waals surface area contributed by atoms with Crippen LogP contribution in [0.25, 0.3) is 0 Å². The minimum absolute atomic E-state index is 0.0827. The molecule has 0 unspecified atom stereocenters. The van der Waals surface area contributed by atoms with Gasteiger partial charge in [0.1, 0.15) is 5.82 Å². The second kappa shape index (κ2) is 6.33. The molecule has 108 valence electrons. The van der Waals surface area contributed by atoms with Gasteiger partial charge in [-0.2, -0.15) is 0 Å². The lowest BCUT2D eigenvalue weighted by Gasteiger charge is -2.13. The SMILES string of the molecule is CC(C)(C)c1nc(CNCc2cc(Br)ccc2F)cs1. The quantitative estimate of drug-likeness (QED) is 0.863. The van der Waals surface area contributed by atoms with Gasteiger partial charge in [0.25, 0.3) is 0 Å². The Hall–Kier alpha value is -0.780. The molecule has 0 fully saturated rings. The Bertz CT molecular complexity index is 590. The predicted molar refractivity (Wildman–Crippen MR) is 85.5 cm³/mol. The minimum atomic E-state index is -0.186. The van der Waals surface area contributed by atoms with Gasteiger partial charge in [-0.3, -0.25) is 0 Å². The summed E-state index contributed by atoms with van der Waals surface area (Å²) in [5.74, 6) is -0.186. The molecule has 0 spiro atoms. The summed E-state index contributed by atoms with van der Waals surface area (Å²) >= 11 is 5.03. The third-order valence-corrected chi connectivity index (χ3v) is 4.63. The molecule has 0 saturated carbocycles. The number of rotatable bonds is 4. The molecule has 0 aliphatic carbocycles. The van der Waals surface area contributed by atoms with E-state index in [0.29, 0.717) is 18.7 Å². The summed E-state index contributed by atoms with van der Waals surface area (Å²) in [7, 11) is 0. The number of hydrogen-bond acceptors (Lipinski definition) is 3. The van der Waals surface area contributed by atoms with E-state index in [1.54, 1.807) is 23.5 Å². The maximum Gasteiger partial charge on any atom is 0.127 e. The molecular formula is C15H18BrFN2S. The molecule has 1 aromatic heterocycles. The van der Waals surface area contributed by atoms with Crippen LogP contribution in [0.1, 0.15) is 37.0 Å². The molecule has 0 radical (unpaired) electrons. The van der Waals surface area contributed by atoms with Gasteiger partial charge in [0.15, 0.2) is 0 Å². The number of benzene rings is 1. The Labute approximate surface area is 131 Å². The van der Waals surface area contributed by atoms with Gasteiger partial charge in [-0.1, -0.05) is 36.7 Å². The van der Waals surface area contributed by atoms with Crippen molar-refractivity contribution in [2.45, 2.75) is 39.3 Å². The average molecular weight is 357 g/mol. The van der Waals surface area contributed by atoms with E-state index in [2.05, 4.69) is 52.4 Å². The van der Waals surface area contributed by atoms with Crippen LogP contribution in [-0.4, -0.2) is 4.98 Å². The van der Waals surface area contributed by atoms with Crippen molar-refractivity contribution in [2.75, 3.05) is 0 Å². The number of hydrogen-bond donors (Lipinski definition) is 1. The summed E-state index contributed by atoms with van der Waals surface area (Å²) in [6.45, 7) is 7.60. The van der Waals surface area contributed by atoms with Crippen molar-refractivity contribution in [1.82, 2.24) is 10.3 Å². The van der Waals surface area contributed by atoms with Crippen LogP contribution in [0.3, 0.4) is 0 Å². The lowest BCUT2D eigenvalue weighted by Crippen LogP contribution is -2.15. The van der Waals surface area contributed by atoms with Gasteiger partial charge >= 0.3 is 0 Å². The molecular weight excluding hydrogens is 339 g/mol. The molecule has 1 N–H and O–H groups in total. The molecule has 5 heteroatoms. The first-order chi connectivity index (χ1) is 9.36. The van der Waals surface area contributed by atoms with Crippen molar-refractivity contribution in [3.8, 4) is 0 Å². The predicted octanol–water partition coefficient (Wildman–Crippen LogP) is 4.63. The summed E-state index contributed by atoms with van der Waals surface area (Å²) < 4.78 is 14.5. The third kappa shape index (κ3) is 4.11. The highest BCUT2D eigenvalue weighted by atomic mass is 79.9. The van der Waals surface area contributed by atoms with E-state index < -0.39 is 0 Å². The Morgan fingerprint density at radius 3 is 2.70 bits per heavy atom. The van der Waals surface area contributed by atoms with Crippen molar-refractivity contribution in [2.24, 2.45) is 0 Å². The smallest absolute Gasteiger partial charge is 0.127 e. The van der Waals surface area contributed by atoms with Crippen molar-refractivity contribution in [1.29, 1.82) is 0 Å². The average Bonchev–Trinajstić information content (AvgIpc) is 2.82. The summed E-state index contributed by atoms with van der Waals surface area (Å²) in [6.07, 6.45) is 0. The summed E-state index contributed by atoms with van der Waals surface area (Å²) in [5.41, 5.74) is 1.75. The standard InChI is InChI=1S/C15H18BrFN2S/c1-15(2,3)14-19-12(9-20-14)8-18-7-10-6-11(16)4-5-13(10)17/h4-6,9,18H,7-8H2,1-3H3. The van der Waals surface area contributed by atoms with Gasteiger partial charge in [-0.05, 0) is 18.2 Å². The van der Waals surface area contributed by atoms with E-state index in [9.17, 15) is 4.39 Å².